The number of nitrogens with one attached hydrogen (secondary N) is 1. The summed E-state index contributed by atoms with van der Waals surface area (Å²) in [5, 5.41) is 2.78. The van der Waals surface area contributed by atoms with E-state index in [1.54, 1.807) is 12.1 Å². The van der Waals surface area contributed by atoms with Crippen LogP contribution in [0.25, 0.3) is 0 Å². The number of amides is 1. The van der Waals surface area contributed by atoms with Crippen molar-refractivity contribution in [3.63, 3.8) is 0 Å². The summed E-state index contributed by atoms with van der Waals surface area (Å²) < 4.78 is 44.7. The molecule has 9 heteroatoms. The molecule has 35 heavy (non-hydrogen) atoms. The number of halogens is 3. The maximum Gasteiger partial charge on any atom is 0.416 e. The van der Waals surface area contributed by atoms with E-state index in [1.807, 2.05) is 32.0 Å². The molecule has 0 saturated carbocycles. The lowest BCUT2D eigenvalue weighted by atomic mass is 9.95. The van der Waals surface area contributed by atoms with Gasteiger partial charge in [-0.25, -0.2) is 9.97 Å². The second-order valence-corrected chi connectivity index (χ2v) is 8.69. The van der Waals surface area contributed by atoms with Crippen LogP contribution in [-0.2, 0) is 17.5 Å². The highest BCUT2D eigenvalue weighted by molar-refractivity contribution is 5.79. The molecule has 1 N–H and O–H groups in total. The van der Waals surface area contributed by atoms with Crippen molar-refractivity contribution in [3.05, 3.63) is 77.1 Å². The van der Waals surface area contributed by atoms with E-state index in [9.17, 15) is 18.0 Å². The SMILES string of the molecule is Cc1cccc(Oc2cc(N3CCC(C(=O)NCc4cccc(C(F)(F)F)c4)CC3)ncn2)c1C. The van der Waals surface area contributed by atoms with Gasteiger partial charge in [-0.05, 0) is 61.6 Å². The maximum atomic E-state index is 12.9. The Labute approximate surface area is 202 Å². The average molecular weight is 485 g/mol. The second kappa shape index (κ2) is 10.3. The van der Waals surface area contributed by atoms with Crippen LogP contribution in [0, 0.1) is 19.8 Å². The Morgan fingerprint density at radius 1 is 1.09 bits per heavy atom. The van der Waals surface area contributed by atoms with Crippen LogP contribution in [0.1, 0.15) is 35.1 Å². The fourth-order valence-electron chi connectivity index (χ4n) is 4.07. The van der Waals surface area contributed by atoms with Gasteiger partial charge in [0.2, 0.25) is 11.8 Å². The minimum Gasteiger partial charge on any atom is -0.439 e. The molecule has 0 aliphatic carbocycles. The lowest BCUT2D eigenvalue weighted by Gasteiger charge is -2.32. The van der Waals surface area contributed by atoms with Crippen LogP contribution in [0.15, 0.2) is 54.9 Å². The lowest BCUT2D eigenvalue weighted by Crippen LogP contribution is -2.40. The molecule has 1 saturated heterocycles. The van der Waals surface area contributed by atoms with Gasteiger partial charge < -0.3 is 15.0 Å². The number of hydrogen-bond donors (Lipinski definition) is 1. The quantitative estimate of drug-likeness (QED) is 0.505. The molecule has 4 rings (SSSR count). The molecule has 6 nitrogen and oxygen atoms in total. The van der Waals surface area contributed by atoms with Crippen LogP contribution >= 0.6 is 0 Å². The number of alkyl halides is 3. The standard InChI is InChI=1S/C26H27F3N4O2/c1-17-5-3-8-22(18(17)2)35-24-14-23(31-16-32-24)33-11-9-20(10-12-33)25(34)30-15-19-6-4-7-21(13-19)26(27,28)29/h3-8,13-14,16,20H,9-12,15H2,1-2H3,(H,30,34). The molecule has 2 heterocycles. The van der Waals surface area contributed by atoms with E-state index in [0.29, 0.717) is 37.4 Å². The van der Waals surface area contributed by atoms with Gasteiger partial charge in [-0.3, -0.25) is 4.79 Å². The number of ether oxygens (including phenoxy) is 1. The maximum absolute atomic E-state index is 12.9. The third-order valence-electron chi connectivity index (χ3n) is 6.31. The summed E-state index contributed by atoms with van der Waals surface area (Å²) in [6.07, 6.45) is -1.71. The molecule has 1 fully saturated rings. The largest absolute Gasteiger partial charge is 0.439 e. The topological polar surface area (TPSA) is 67.3 Å². The molecular weight excluding hydrogens is 457 g/mol. The van der Waals surface area contributed by atoms with Crippen molar-refractivity contribution in [2.45, 2.75) is 39.4 Å². The molecule has 1 aliphatic heterocycles. The molecular formula is C26H27F3N4O2. The first kappa shape index (κ1) is 24.5. The van der Waals surface area contributed by atoms with Gasteiger partial charge in [0.15, 0.2) is 0 Å². The summed E-state index contributed by atoms with van der Waals surface area (Å²) in [6, 6.07) is 12.6. The molecule has 3 aromatic rings. The molecule has 2 aromatic carbocycles. The smallest absolute Gasteiger partial charge is 0.416 e. The van der Waals surface area contributed by atoms with E-state index in [0.717, 1.165) is 34.8 Å². The van der Waals surface area contributed by atoms with Crippen LogP contribution in [0.2, 0.25) is 0 Å². The number of rotatable bonds is 6. The Balaban J connectivity index is 1.31. The Morgan fingerprint density at radius 3 is 2.57 bits per heavy atom. The highest BCUT2D eigenvalue weighted by atomic mass is 19.4. The number of hydrogen-bond acceptors (Lipinski definition) is 5. The van der Waals surface area contributed by atoms with E-state index in [-0.39, 0.29) is 18.4 Å². The molecule has 0 atom stereocenters. The van der Waals surface area contributed by atoms with Gasteiger partial charge in [0.05, 0.1) is 5.56 Å². The third-order valence-corrected chi connectivity index (χ3v) is 6.31. The molecule has 1 aliphatic rings. The molecule has 1 aromatic heterocycles. The number of anilines is 1. The zero-order valence-electron chi connectivity index (χ0n) is 19.6. The molecule has 0 bridgehead atoms. The van der Waals surface area contributed by atoms with Crippen molar-refractivity contribution in [2.24, 2.45) is 5.92 Å². The minimum atomic E-state index is -4.41. The second-order valence-electron chi connectivity index (χ2n) is 8.69. The van der Waals surface area contributed by atoms with Gasteiger partial charge in [-0.15, -0.1) is 0 Å². The zero-order chi connectivity index (χ0) is 25.0. The molecule has 0 radical (unpaired) electrons. The van der Waals surface area contributed by atoms with Crippen molar-refractivity contribution in [1.82, 2.24) is 15.3 Å². The van der Waals surface area contributed by atoms with Crippen molar-refractivity contribution in [1.29, 1.82) is 0 Å². The van der Waals surface area contributed by atoms with E-state index >= 15 is 0 Å². The predicted octanol–water partition coefficient (Wildman–Crippen LogP) is 5.44. The number of nitrogens with zero attached hydrogens (tertiary/aromatic N) is 3. The zero-order valence-corrected chi connectivity index (χ0v) is 19.6. The monoisotopic (exact) mass is 484 g/mol. The first-order chi connectivity index (χ1) is 16.7. The average Bonchev–Trinajstić information content (AvgIpc) is 2.85. The summed E-state index contributed by atoms with van der Waals surface area (Å²) in [7, 11) is 0. The van der Waals surface area contributed by atoms with Crippen LogP contribution in [-0.4, -0.2) is 29.0 Å². The summed E-state index contributed by atoms with van der Waals surface area (Å²) in [5.74, 6) is 1.56. The number of carbonyl (C=O) groups excluding carboxylic acids is 1. The molecule has 184 valence electrons. The first-order valence-corrected chi connectivity index (χ1v) is 11.5. The fourth-order valence-corrected chi connectivity index (χ4v) is 4.07. The lowest BCUT2D eigenvalue weighted by molar-refractivity contribution is -0.137. The van der Waals surface area contributed by atoms with E-state index in [4.69, 9.17) is 4.74 Å². The van der Waals surface area contributed by atoms with Crippen molar-refractivity contribution < 1.29 is 22.7 Å². The van der Waals surface area contributed by atoms with Gasteiger partial charge in [0.25, 0.3) is 0 Å². The summed E-state index contributed by atoms with van der Waals surface area (Å²) >= 11 is 0. The molecule has 0 unspecified atom stereocenters. The molecule has 0 spiro atoms. The van der Waals surface area contributed by atoms with Crippen LogP contribution in [0.4, 0.5) is 19.0 Å². The van der Waals surface area contributed by atoms with Gasteiger partial charge in [0, 0.05) is 31.6 Å². The Bertz CT molecular complexity index is 1190. The number of aromatic nitrogens is 2. The van der Waals surface area contributed by atoms with E-state index in [1.165, 1.54) is 12.4 Å². The molecule has 1 amide bonds. The highest BCUT2D eigenvalue weighted by Crippen LogP contribution is 2.30. The predicted molar refractivity (Wildman–Crippen MR) is 126 cm³/mol. The van der Waals surface area contributed by atoms with Gasteiger partial charge >= 0.3 is 6.18 Å². The fraction of sp³-hybridized carbons (Fsp3) is 0.346. The van der Waals surface area contributed by atoms with Crippen molar-refractivity contribution in [2.75, 3.05) is 18.0 Å². The number of piperidine rings is 1. The van der Waals surface area contributed by atoms with Crippen LogP contribution < -0.4 is 15.0 Å². The van der Waals surface area contributed by atoms with Crippen molar-refractivity contribution in [3.8, 4) is 11.6 Å². The van der Waals surface area contributed by atoms with E-state index in [2.05, 4.69) is 20.2 Å². The number of benzene rings is 2. The Hall–Kier alpha value is -3.62. The van der Waals surface area contributed by atoms with Gasteiger partial charge in [-0.2, -0.15) is 13.2 Å². The summed E-state index contributed by atoms with van der Waals surface area (Å²) in [4.78, 5) is 23.3. The Morgan fingerprint density at radius 2 is 1.83 bits per heavy atom. The normalized spacial score (nSPS) is 14.6. The third kappa shape index (κ3) is 6.09. The van der Waals surface area contributed by atoms with Crippen LogP contribution in [0.3, 0.4) is 0 Å². The van der Waals surface area contributed by atoms with Gasteiger partial charge in [0.1, 0.15) is 17.9 Å². The van der Waals surface area contributed by atoms with E-state index < -0.39 is 11.7 Å². The summed E-state index contributed by atoms with van der Waals surface area (Å²) in [5.41, 5.74) is 1.88. The first-order valence-electron chi connectivity index (χ1n) is 11.5. The van der Waals surface area contributed by atoms with Gasteiger partial charge in [-0.1, -0.05) is 24.3 Å². The van der Waals surface area contributed by atoms with Crippen molar-refractivity contribution >= 4 is 11.7 Å². The highest BCUT2D eigenvalue weighted by Gasteiger charge is 2.30. The number of aryl methyl sites for hydroxylation is 1. The minimum absolute atomic E-state index is 0.0634. The number of carbonyl (C=O) groups is 1. The summed E-state index contributed by atoms with van der Waals surface area (Å²) in [6.45, 7) is 5.33. The Kier molecular flexibility index (Phi) is 7.23. The van der Waals surface area contributed by atoms with Crippen LogP contribution in [0.5, 0.6) is 11.6 Å².